The number of amides is 1. The predicted molar refractivity (Wildman–Crippen MR) is 83.7 cm³/mol. The fourth-order valence-corrected chi connectivity index (χ4v) is 2.94. The van der Waals surface area contributed by atoms with Gasteiger partial charge in [0.05, 0.1) is 11.7 Å². The largest absolute Gasteiger partial charge is 0.391 e. The molecule has 1 aliphatic rings. The number of nitrogen functional groups attached to an aromatic ring is 1. The third kappa shape index (κ3) is 3.70. The Morgan fingerprint density at radius 1 is 1.67 bits per heavy atom. The van der Waals surface area contributed by atoms with E-state index in [1.807, 2.05) is 19.0 Å². The van der Waals surface area contributed by atoms with Crippen LogP contribution in [0.25, 0.3) is 0 Å². The van der Waals surface area contributed by atoms with Gasteiger partial charge in [0.25, 0.3) is 5.91 Å². The van der Waals surface area contributed by atoms with Crippen LogP contribution in [-0.4, -0.2) is 65.1 Å². The van der Waals surface area contributed by atoms with Crippen LogP contribution in [0.1, 0.15) is 16.8 Å². The standard InChI is InChI=1S/C13H20BrN5O2/c1-18(2)6-9-4-10(20)7-19(9)13(21)11-3-8(14)5-16-12(11)17-15/h3,5,9-10,20H,4,6-7,15H2,1-2H3,(H,16,17). The number of carbonyl (C=O) groups is 1. The number of hydrogen-bond donors (Lipinski definition) is 3. The molecule has 0 aliphatic carbocycles. The second-order valence-corrected chi connectivity index (χ2v) is 6.37. The summed E-state index contributed by atoms with van der Waals surface area (Å²) in [4.78, 5) is 20.5. The number of likely N-dealkylation sites (N-methyl/N-ethyl adjacent to an activating group) is 1. The summed E-state index contributed by atoms with van der Waals surface area (Å²) in [5.41, 5.74) is 2.83. The molecule has 0 saturated carbocycles. The number of hydrogen-bond acceptors (Lipinski definition) is 6. The number of aliphatic hydroxyl groups is 1. The summed E-state index contributed by atoms with van der Waals surface area (Å²) in [6, 6.07) is 1.66. The molecule has 0 aromatic carbocycles. The lowest BCUT2D eigenvalue weighted by molar-refractivity contribution is 0.0699. The Morgan fingerprint density at radius 3 is 3.00 bits per heavy atom. The molecule has 2 heterocycles. The molecule has 4 N–H and O–H groups in total. The van der Waals surface area contributed by atoms with Gasteiger partial charge in [-0.15, -0.1) is 0 Å². The van der Waals surface area contributed by atoms with E-state index in [1.54, 1.807) is 17.2 Å². The van der Waals surface area contributed by atoms with Crippen LogP contribution in [0.15, 0.2) is 16.7 Å². The Labute approximate surface area is 132 Å². The van der Waals surface area contributed by atoms with Gasteiger partial charge in [0.15, 0.2) is 5.82 Å². The maximum Gasteiger partial charge on any atom is 0.258 e. The van der Waals surface area contributed by atoms with Crippen LogP contribution in [0.2, 0.25) is 0 Å². The van der Waals surface area contributed by atoms with Crippen LogP contribution in [-0.2, 0) is 0 Å². The molecule has 1 aromatic rings. The Bertz CT molecular complexity index is 525. The highest BCUT2D eigenvalue weighted by atomic mass is 79.9. The number of aromatic nitrogens is 1. The smallest absolute Gasteiger partial charge is 0.258 e. The molecule has 1 aliphatic heterocycles. The highest BCUT2D eigenvalue weighted by Crippen LogP contribution is 2.25. The number of nitrogens with zero attached hydrogens (tertiary/aromatic N) is 3. The van der Waals surface area contributed by atoms with Crippen LogP contribution in [0, 0.1) is 0 Å². The molecular formula is C13H20BrN5O2. The van der Waals surface area contributed by atoms with Gasteiger partial charge in [0.2, 0.25) is 0 Å². The predicted octanol–water partition coefficient (Wildman–Crippen LogP) is 0.267. The molecule has 1 fully saturated rings. The summed E-state index contributed by atoms with van der Waals surface area (Å²) in [7, 11) is 3.89. The van der Waals surface area contributed by atoms with Crippen molar-refractivity contribution < 1.29 is 9.90 Å². The van der Waals surface area contributed by atoms with Gasteiger partial charge in [0.1, 0.15) is 0 Å². The average molecular weight is 358 g/mol. The lowest BCUT2D eigenvalue weighted by Crippen LogP contribution is -2.41. The molecule has 1 saturated heterocycles. The Kier molecular flexibility index (Phi) is 5.15. The fraction of sp³-hybridized carbons (Fsp3) is 0.538. The third-order valence-corrected chi connectivity index (χ3v) is 3.88. The Morgan fingerprint density at radius 2 is 2.38 bits per heavy atom. The van der Waals surface area contributed by atoms with Gasteiger partial charge in [-0.25, -0.2) is 10.8 Å². The van der Waals surface area contributed by atoms with E-state index in [4.69, 9.17) is 5.84 Å². The molecule has 21 heavy (non-hydrogen) atoms. The molecule has 0 radical (unpaired) electrons. The van der Waals surface area contributed by atoms with Gasteiger partial charge >= 0.3 is 0 Å². The first-order valence-corrected chi connectivity index (χ1v) is 7.47. The summed E-state index contributed by atoms with van der Waals surface area (Å²) in [6.07, 6.45) is 1.66. The Balaban J connectivity index is 2.27. The number of rotatable bonds is 4. The first-order chi connectivity index (χ1) is 9.92. The average Bonchev–Trinajstić information content (AvgIpc) is 2.77. The van der Waals surface area contributed by atoms with E-state index in [0.29, 0.717) is 35.4 Å². The summed E-state index contributed by atoms with van der Waals surface area (Å²) < 4.78 is 0.703. The number of pyridine rings is 1. The topological polar surface area (TPSA) is 94.7 Å². The summed E-state index contributed by atoms with van der Waals surface area (Å²) >= 11 is 3.31. The normalized spacial score (nSPS) is 21.9. The molecule has 2 rings (SSSR count). The number of halogens is 1. The quantitative estimate of drug-likeness (QED) is 0.528. The minimum atomic E-state index is -0.492. The second-order valence-electron chi connectivity index (χ2n) is 5.46. The van der Waals surface area contributed by atoms with Crippen molar-refractivity contribution in [2.75, 3.05) is 32.6 Å². The van der Waals surface area contributed by atoms with Gasteiger partial charge in [-0.2, -0.15) is 0 Å². The number of carbonyl (C=O) groups excluding carboxylic acids is 1. The first kappa shape index (κ1) is 16.2. The second kappa shape index (κ2) is 6.69. The number of hydrazine groups is 1. The van der Waals surface area contributed by atoms with E-state index in [9.17, 15) is 9.90 Å². The number of likely N-dealkylation sites (tertiary alicyclic amines) is 1. The van der Waals surface area contributed by atoms with Crippen LogP contribution < -0.4 is 11.3 Å². The van der Waals surface area contributed by atoms with Crippen LogP contribution >= 0.6 is 15.9 Å². The van der Waals surface area contributed by atoms with Crippen molar-refractivity contribution in [2.24, 2.45) is 5.84 Å². The van der Waals surface area contributed by atoms with Crippen LogP contribution in [0.5, 0.6) is 0 Å². The van der Waals surface area contributed by atoms with E-state index in [-0.39, 0.29) is 11.9 Å². The molecule has 1 aromatic heterocycles. The fourth-order valence-electron chi connectivity index (χ4n) is 2.61. The number of β-amino-alcohol motifs (C(OH)–C–C–N with tert-alkyl or cyclic N) is 1. The van der Waals surface area contributed by atoms with Crippen molar-refractivity contribution >= 4 is 27.7 Å². The van der Waals surface area contributed by atoms with E-state index in [0.717, 1.165) is 0 Å². The summed E-state index contributed by atoms with van der Waals surface area (Å²) in [5, 5.41) is 9.88. The van der Waals surface area contributed by atoms with Crippen LogP contribution in [0.4, 0.5) is 5.82 Å². The van der Waals surface area contributed by atoms with Crippen molar-refractivity contribution in [2.45, 2.75) is 18.6 Å². The minimum absolute atomic E-state index is 0.0212. The van der Waals surface area contributed by atoms with E-state index in [2.05, 4.69) is 26.3 Å². The lowest BCUT2D eigenvalue weighted by Gasteiger charge is -2.27. The van der Waals surface area contributed by atoms with Gasteiger partial charge in [-0.3, -0.25) is 4.79 Å². The molecule has 7 nitrogen and oxygen atoms in total. The molecule has 2 atom stereocenters. The molecule has 2 unspecified atom stereocenters. The molecule has 0 bridgehead atoms. The molecule has 0 spiro atoms. The van der Waals surface area contributed by atoms with Gasteiger partial charge < -0.3 is 20.3 Å². The summed E-state index contributed by atoms with van der Waals surface area (Å²) in [6.45, 7) is 1.03. The number of nitrogens with two attached hydrogens (primary N) is 1. The maximum atomic E-state index is 12.8. The van der Waals surface area contributed by atoms with Gasteiger partial charge in [-0.1, -0.05) is 0 Å². The van der Waals surface area contributed by atoms with Crippen molar-refractivity contribution in [1.29, 1.82) is 0 Å². The van der Waals surface area contributed by atoms with Gasteiger partial charge in [-0.05, 0) is 42.5 Å². The van der Waals surface area contributed by atoms with Crippen molar-refractivity contribution in [3.8, 4) is 0 Å². The van der Waals surface area contributed by atoms with E-state index in [1.165, 1.54) is 0 Å². The zero-order valence-corrected chi connectivity index (χ0v) is 13.7. The van der Waals surface area contributed by atoms with Crippen molar-refractivity contribution in [3.63, 3.8) is 0 Å². The van der Waals surface area contributed by atoms with Crippen molar-refractivity contribution in [3.05, 3.63) is 22.3 Å². The zero-order valence-electron chi connectivity index (χ0n) is 12.1. The van der Waals surface area contributed by atoms with Crippen LogP contribution in [0.3, 0.4) is 0 Å². The van der Waals surface area contributed by atoms with Crippen molar-refractivity contribution in [1.82, 2.24) is 14.8 Å². The summed E-state index contributed by atoms with van der Waals surface area (Å²) in [5.74, 6) is 5.57. The third-order valence-electron chi connectivity index (χ3n) is 3.45. The highest BCUT2D eigenvalue weighted by molar-refractivity contribution is 9.10. The molecule has 1 amide bonds. The molecule has 116 valence electrons. The number of aliphatic hydroxyl groups excluding tert-OH is 1. The number of anilines is 1. The lowest BCUT2D eigenvalue weighted by atomic mass is 10.1. The first-order valence-electron chi connectivity index (χ1n) is 6.68. The van der Waals surface area contributed by atoms with E-state index < -0.39 is 6.10 Å². The molecule has 8 heteroatoms. The zero-order chi connectivity index (χ0) is 15.6. The highest BCUT2D eigenvalue weighted by Gasteiger charge is 2.35. The monoisotopic (exact) mass is 357 g/mol. The molecular weight excluding hydrogens is 338 g/mol. The van der Waals surface area contributed by atoms with Gasteiger partial charge in [0, 0.05) is 29.8 Å². The minimum Gasteiger partial charge on any atom is -0.391 e. The van der Waals surface area contributed by atoms with E-state index >= 15 is 0 Å². The SMILES string of the molecule is CN(C)CC1CC(O)CN1C(=O)c1cc(Br)cnc1NN. The Hall–Kier alpha value is -1.22. The maximum absolute atomic E-state index is 12.8. The number of nitrogens with one attached hydrogen (secondary N) is 1.